The van der Waals surface area contributed by atoms with Crippen molar-refractivity contribution in [2.45, 2.75) is 6.92 Å². The molecule has 0 fully saturated rings. The summed E-state index contributed by atoms with van der Waals surface area (Å²) in [6.45, 7) is 2.27. The second-order valence-electron chi connectivity index (χ2n) is 6.21. The number of rotatable bonds is 7. The quantitative estimate of drug-likeness (QED) is 0.201. The van der Waals surface area contributed by atoms with Gasteiger partial charge in [0.15, 0.2) is 0 Å². The normalized spacial score (nSPS) is 10.7. The molecule has 0 unspecified atom stereocenters. The van der Waals surface area contributed by atoms with E-state index >= 15 is 0 Å². The van der Waals surface area contributed by atoms with Crippen molar-refractivity contribution in [2.75, 3.05) is 6.61 Å². The van der Waals surface area contributed by atoms with Gasteiger partial charge < -0.3 is 9.47 Å². The number of amides is 1. The van der Waals surface area contributed by atoms with Crippen LogP contribution in [0.3, 0.4) is 0 Å². The number of benzene rings is 3. The van der Waals surface area contributed by atoms with Crippen molar-refractivity contribution in [2.24, 2.45) is 5.10 Å². The standard InChI is InChI=1S/C23H18BrClN2O4/c1-2-30-21-12-9-17(24)13-19(21)22(28)27-26-14-16-5-3-4-6-20(16)31-23(29)15-7-10-18(25)11-8-15/h3-14H,2H2,1H3,(H,27,28)/b26-14+. The van der Waals surface area contributed by atoms with Crippen molar-refractivity contribution >= 4 is 45.6 Å². The maximum absolute atomic E-state index is 12.5. The maximum atomic E-state index is 12.5. The zero-order valence-electron chi connectivity index (χ0n) is 16.5. The summed E-state index contributed by atoms with van der Waals surface area (Å²) >= 11 is 9.20. The zero-order valence-corrected chi connectivity index (χ0v) is 18.8. The molecule has 0 saturated heterocycles. The Bertz CT molecular complexity index is 1120. The second kappa shape index (κ2) is 10.7. The zero-order chi connectivity index (χ0) is 22.2. The number of carbonyl (C=O) groups excluding carboxylic acids is 2. The van der Waals surface area contributed by atoms with Gasteiger partial charge in [0.1, 0.15) is 11.5 Å². The molecular weight excluding hydrogens is 484 g/mol. The summed E-state index contributed by atoms with van der Waals surface area (Å²) in [6, 6.07) is 18.4. The van der Waals surface area contributed by atoms with Crippen LogP contribution in [0, 0.1) is 0 Å². The van der Waals surface area contributed by atoms with Crippen LogP contribution in [-0.2, 0) is 0 Å². The molecule has 3 aromatic carbocycles. The molecule has 6 nitrogen and oxygen atoms in total. The van der Waals surface area contributed by atoms with Crippen LogP contribution in [0.25, 0.3) is 0 Å². The lowest BCUT2D eigenvalue weighted by atomic mass is 10.2. The van der Waals surface area contributed by atoms with Crippen LogP contribution in [0.5, 0.6) is 11.5 Å². The van der Waals surface area contributed by atoms with Gasteiger partial charge in [0.25, 0.3) is 5.91 Å². The van der Waals surface area contributed by atoms with Crippen molar-refractivity contribution in [3.05, 3.63) is 92.9 Å². The summed E-state index contributed by atoms with van der Waals surface area (Å²) in [5.41, 5.74) is 3.69. The molecule has 158 valence electrons. The van der Waals surface area contributed by atoms with E-state index in [1.165, 1.54) is 6.21 Å². The van der Waals surface area contributed by atoms with Crippen molar-refractivity contribution in [3.8, 4) is 11.5 Å². The molecule has 3 rings (SSSR count). The third-order valence-electron chi connectivity index (χ3n) is 4.06. The average molecular weight is 502 g/mol. The highest BCUT2D eigenvalue weighted by molar-refractivity contribution is 9.10. The lowest BCUT2D eigenvalue weighted by molar-refractivity contribution is 0.0734. The molecule has 0 radical (unpaired) electrons. The topological polar surface area (TPSA) is 77.0 Å². The molecule has 3 aromatic rings. The Hall–Kier alpha value is -3.16. The molecule has 0 aromatic heterocycles. The van der Waals surface area contributed by atoms with Crippen LogP contribution >= 0.6 is 27.5 Å². The van der Waals surface area contributed by atoms with Crippen molar-refractivity contribution in [3.63, 3.8) is 0 Å². The number of carbonyl (C=O) groups is 2. The van der Waals surface area contributed by atoms with Gasteiger partial charge in [0.2, 0.25) is 0 Å². The fourth-order valence-corrected chi connectivity index (χ4v) is 3.09. The Morgan fingerprint density at radius 1 is 1.06 bits per heavy atom. The molecule has 8 heteroatoms. The number of hydrogen-bond donors (Lipinski definition) is 1. The van der Waals surface area contributed by atoms with Crippen LogP contribution in [0.15, 0.2) is 76.3 Å². The fraction of sp³-hybridized carbons (Fsp3) is 0.0870. The third kappa shape index (κ3) is 6.16. The molecule has 0 saturated carbocycles. The van der Waals surface area contributed by atoms with Crippen molar-refractivity contribution in [1.29, 1.82) is 0 Å². The number of nitrogens with zero attached hydrogens (tertiary/aromatic N) is 1. The van der Waals surface area contributed by atoms with E-state index in [0.29, 0.717) is 39.8 Å². The molecule has 0 aliphatic heterocycles. The first-order valence-corrected chi connectivity index (χ1v) is 10.5. The molecule has 0 atom stereocenters. The van der Waals surface area contributed by atoms with E-state index < -0.39 is 11.9 Å². The van der Waals surface area contributed by atoms with Crippen LogP contribution in [0.2, 0.25) is 5.02 Å². The highest BCUT2D eigenvalue weighted by Crippen LogP contribution is 2.23. The first kappa shape index (κ1) is 22.5. The lowest BCUT2D eigenvalue weighted by Gasteiger charge is -2.09. The van der Waals surface area contributed by atoms with Gasteiger partial charge in [-0.05, 0) is 61.5 Å². The first-order valence-electron chi connectivity index (χ1n) is 9.30. The first-order chi connectivity index (χ1) is 15.0. The van der Waals surface area contributed by atoms with E-state index in [4.69, 9.17) is 21.1 Å². The van der Waals surface area contributed by atoms with Crippen LogP contribution in [0.1, 0.15) is 33.2 Å². The summed E-state index contributed by atoms with van der Waals surface area (Å²) in [6.07, 6.45) is 1.40. The monoisotopic (exact) mass is 500 g/mol. The molecule has 0 aliphatic carbocycles. The number of para-hydroxylation sites is 1. The Morgan fingerprint density at radius 3 is 2.55 bits per heavy atom. The minimum absolute atomic E-state index is 0.304. The minimum atomic E-state index is -0.531. The van der Waals surface area contributed by atoms with Gasteiger partial charge in [0.05, 0.1) is 23.9 Å². The Labute approximate surface area is 193 Å². The van der Waals surface area contributed by atoms with Gasteiger partial charge in [0, 0.05) is 15.1 Å². The summed E-state index contributed by atoms with van der Waals surface area (Å²) in [5, 5.41) is 4.52. The van der Waals surface area contributed by atoms with Gasteiger partial charge >= 0.3 is 5.97 Å². The molecule has 0 bridgehead atoms. The Kier molecular flexibility index (Phi) is 7.81. The SMILES string of the molecule is CCOc1ccc(Br)cc1C(=O)N/N=C/c1ccccc1OC(=O)c1ccc(Cl)cc1. The highest BCUT2D eigenvalue weighted by Gasteiger charge is 2.13. The fourth-order valence-electron chi connectivity index (χ4n) is 2.61. The van der Waals surface area contributed by atoms with Gasteiger partial charge in [-0.25, -0.2) is 10.2 Å². The number of hydrazone groups is 1. The second-order valence-corrected chi connectivity index (χ2v) is 7.56. The molecule has 0 spiro atoms. The maximum Gasteiger partial charge on any atom is 0.343 e. The molecular formula is C23H18BrClN2O4. The van der Waals surface area contributed by atoms with E-state index in [2.05, 4.69) is 26.5 Å². The van der Waals surface area contributed by atoms with Gasteiger partial charge in [-0.15, -0.1) is 0 Å². The summed E-state index contributed by atoms with van der Waals surface area (Å²) in [5.74, 6) is -0.206. The Morgan fingerprint density at radius 2 is 1.81 bits per heavy atom. The van der Waals surface area contributed by atoms with Crippen LogP contribution in [-0.4, -0.2) is 24.7 Å². The van der Waals surface area contributed by atoms with Gasteiger partial charge in [-0.3, -0.25) is 4.79 Å². The van der Waals surface area contributed by atoms with E-state index in [1.54, 1.807) is 66.7 Å². The molecule has 1 amide bonds. The van der Waals surface area contributed by atoms with Gasteiger partial charge in [-0.2, -0.15) is 5.10 Å². The van der Waals surface area contributed by atoms with E-state index in [1.807, 2.05) is 6.92 Å². The predicted molar refractivity (Wildman–Crippen MR) is 123 cm³/mol. The van der Waals surface area contributed by atoms with Crippen LogP contribution < -0.4 is 14.9 Å². The largest absolute Gasteiger partial charge is 0.493 e. The molecule has 31 heavy (non-hydrogen) atoms. The van der Waals surface area contributed by atoms with Crippen LogP contribution in [0.4, 0.5) is 0 Å². The summed E-state index contributed by atoms with van der Waals surface area (Å²) in [4.78, 5) is 24.9. The van der Waals surface area contributed by atoms with Gasteiger partial charge in [-0.1, -0.05) is 39.7 Å². The molecule has 0 heterocycles. The van der Waals surface area contributed by atoms with E-state index in [0.717, 1.165) is 4.47 Å². The minimum Gasteiger partial charge on any atom is -0.493 e. The molecule has 0 aliphatic rings. The van der Waals surface area contributed by atoms with E-state index in [-0.39, 0.29) is 0 Å². The van der Waals surface area contributed by atoms with Crippen molar-refractivity contribution < 1.29 is 19.1 Å². The smallest absolute Gasteiger partial charge is 0.343 e. The predicted octanol–water partition coefficient (Wildman–Crippen LogP) is 5.48. The van der Waals surface area contributed by atoms with E-state index in [9.17, 15) is 9.59 Å². The average Bonchev–Trinajstić information content (AvgIpc) is 2.76. The summed E-state index contributed by atoms with van der Waals surface area (Å²) in [7, 11) is 0. The number of esters is 1. The Balaban J connectivity index is 1.72. The summed E-state index contributed by atoms with van der Waals surface area (Å²) < 4.78 is 11.7. The number of halogens is 2. The van der Waals surface area contributed by atoms with Crippen molar-refractivity contribution in [1.82, 2.24) is 5.43 Å². The number of nitrogens with one attached hydrogen (secondary N) is 1. The third-order valence-corrected chi connectivity index (χ3v) is 4.80. The number of hydrogen-bond acceptors (Lipinski definition) is 5. The molecule has 1 N–H and O–H groups in total. The lowest BCUT2D eigenvalue weighted by Crippen LogP contribution is -2.19. The number of ether oxygens (including phenoxy) is 2. The highest BCUT2D eigenvalue weighted by atomic mass is 79.9.